The van der Waals surface area contributed by atoms with Crippen LogP contribution in [0.15, 0.2) is 16.0 Å². The van der Waals surface area contributed by atoms with Crippen molar-refractivity contribution in [3.05, 3.63) is 27.8 Å². The molecule has 0 N–H and O–H groups in total. The summed E-state index contributed by atoms with van der Waals surface area (Å²) >= 11 is 1.45. The van der Waals surface area contributed by atoms with E-state index in [9.17, 15) is 4.79 Å². The van der Waals surface area contributed by atoms with Gasteiger partial charge in [0.05, 0.1) is 10.6 Å². The van der Waals surface area contributed by atoms with Crippen molar-refractivity contribution in [2.24, 2.45) is 0 Å². The fourth-order valence-corrected chi connectivity index (χ4v) is 2.45. The second-order valence-corrected chi connectivity index (χ2v) is 4.33. The quantitative estimate of drug-likeness (QED) is 0.731. The number of aromatic nitrogens is 1. The highest BCUT2D eigenvalue weighted by molar-refractivity contribution is 7.12. The summed E-state index contributed by atoms with van der Waals surface area (Å²) in [5.41, 5.74) is 2.71. The van der Waals surface area contributed by atoms with Gasteiger partial charge in [-0.25, -0.2) is 0 Å². The Morgan fingerprint density at radius 2 is 2.20 bits per heavy atom. The molecule has 0 unspecified atom stereocenters. The minimum Gasteiger partial charge on any atom is -0.361 e. The van der Waals surface area contributed by atoms with Gasteiger partial charge in [-0.05, 0) is 32.2 Å². The molecule has 0 bridgehead atoms. The van der Waals surface area contributed by atoms with Gasteiger partial charge in [-0.3, -0.25) is 4.79 Å². The molecule has 78 valence electrons. The van der Waals surface area contributed by atoms with E-state index >= 15 is 0 Å². The molecule has 0 atom stereocenters. The number of thiophene rings is 1. The van der Waals surface area contributed by atoms with Crippen molar-refractivity contribution in [3.63, 3.8) is 0 Å². The summed E-state index contributed by atoms with van der Waals surface area (Å²) in [6.45, 7) is 5.32. The fraction of sp³-hybridized carbons (Fsp3) is 0.273. The molecule has 0 aromatic carbocycles. The third-order valence-electron chi connectivity index (χ3n) is 2.29. The van der Waals surface area contributed by atoms with Crippen molar-refractivity contribution in [2.75, 3.05) is 0 Å². The Labute approximate surface area is 91.7 Å². The van der Waals surface area contributed by atoms with Crippen LogP contribution in [0.4, 0.5) is 0 Å². The zero-order chi connectivity index (χ0) is 11.0. The largest absolute Gasteiger partial charge is 0.361 e. The molecule has 2 rings (SSSR count). The van der Waals surface area contributed by atoms with Crippen LogP contribution >= 0.6 is 11.3 Å². The van der Waals surface area contributed by atoms with Gasteiger partial charge in [-0.15, -0.1) is 11.3 Å². The molecule has 15 heavy (non-hydrogen) atoms. The van der Waals surface area contributed by atoms with Crippen LogP contribution in [-0.2, 0) is 0 Å². The molecule has 3 nitrogen and oxygen atoms in total. The Morgan fingerprint density at radius 1 is 1.47 bits per heavy atom. The van der Waals surface area contributed by atoms with E-state index in [1.807, 2.05) is 25.3 Å². The highest BCUT2D eigenvalue weighted by Gasteiger charge is 2.17. The van der Waals surface area contributed by atoms with Gasteiger partial charge < -0.3 is 4.52 Å². The van der Waals surface area contributed by atoms with Crippen molar-refractivity contribution in [3.8, 4) is 11.1 Å². The Bertz CT molecular complexity index is 491. The Hall–Kier alpha value is -1.42. The summed E-state index contributed by atoms with van der Waals surface area (Å²) < 4.78 is 5.10. The normalized spacial score (nSPS) is 10.6. The standard InChI is InChI=1S/C11H11NO2S/c1-6-10(8(3)14-12-6)9-4-5-15-11(9)7(2)13/h4-5H,1-3H3. The number of aryl methyl sites for hydroxylation is 2. The van der Waals surface area contributed by atoms with Crippen LogP contribution in [0.3, 0.4) is 0 Å². The Morgan fingerprint density at radius 3 is 2.73 bits per heavy atom. The predicted octanol–water partition coefficient (Wildman–Crippen LogP) is 3.22. The Balaban J connectivity index is 2.64. The van der Waals surface area contributed by atoms with E-state index in [0.717, 1.165) is 27.5 Å². The number of Topliss-reactive ketones (excluding diaryl/α,β-unsaturated/α-hetero) is 1. The number of carbonyl (C=O) groups excluding carboxylic acids is 1. The van der Waals surface area contributed by atoms with E-state index < -0.39 is 0 Å². The summed E-state index contributed by atoms with van der Waals surface area (Å²) in [4.78, 5) is 12.2. The second kappa shape index (κ2) is 3.62. The first-order valence-electron chi connectivity index (χ1n) is 4.63. The van der Waals surface area contributed by atoms with Crippen LogP contribution in [0.1, 0.15) is 28.0 Å². The SMILES string of the molecule is CC(=O)c1sccc1-c1c(C)noc1C. The first-order chi connectivity index (χ1) is 7.11. The van der Waals surface area contributed by atoms with Gasteiger partial charge in [0.2, 0.25) is 0 Å². The van der Waals surface area contributed by atoms with E-state index in [4.69, 9.17) is 4.52 Å². The van der Waals surface area contributed by atoms with Gasteiger partial charge >= 0.3 is 0 Å². The summed E-state index contributed by atoms with van der Waals surface area (Å²) in [5.74, 6) is 0.841. The van der Waals surface area contributed by atoms with E-state index in [1.54, 1.807) is 6.92 Å². The zero-order valence-corrected chi connectivity index (χ0v) is 9.64. The fourth-order valence-electron chi connectivity index (χ4n) is 1.65. The molecule has 0 aliphatic carbocycles. The van der Waals surface area contributed by atoms with Crippen LogP contribution in [0.5, 0.6) is 0 Å². The molecule has 4 heteroatoms. The highest BCUT2D eigenvalue weighted by Crippen LogP contribution is 2.33. The number of carbonyl (C=O) groups is 1. The third-order valence-corrected chi connectivity index (χ3v) is 3.30. The number of rotatable bonds is 2. The van der Waals surface area contributed by atoms with Crippen molar-refractivity contribution < 1.29 is 9.32 Å². The van der Waals surface area contributed by atoms with Crippen LogP contribution in [-0.4, -0.2) is 10.9 Å². The lowest BCUT2D eigenvalue weighted by molar-refractivity contribution is 0.102. The average molecular weight is 221 g/mol. The molecule has 0 saturated carbocycles. The number of ketones is 1. The van der Waals surface area contributed by atoms with E-state index in [0.29, 0.717) is 0 Å². The summed E-state index contributed by atoms with van der Waals surface area (Å²) in [7, 11) is 0. The molecule has 0 saturated heterocycles. The maximum Gasteiger partial charge on any atom is 0.170 e. The second-order valence-electron chi connectivity index (χ2n) is 3.42. The molecule has 0 spiro atoms. The van der Waals surface area contributed by atoms with Gasteiger partial charge in [0.15, 0.2) is 5.78 Å². The lowest BCUT2D eigenvalue weighted by Crippen LogP contribution is -1.91. The minimum atomic E-state index is 0.0833. The highest BCUT2D eigenvalue weighted by atomic mass is 32.1. The lowest BCUT2D eigenvalue weighted by atomic mass is 10.0. The van der Waals surface area contributed by atoms with Crippen molar-refractivity contribution in [1.29, 1.82) is 0 Å². The molecule has 0 aliphatic heterocycles. The van der Waals surface area contributed by atoms with Crippen LogP contribution in [0, 0.1) is 13.8 Å². The predicted molar refractivity (Wildman–Crippen MR) is 59.3 cm³/mol. The van der Waals surface area contributed by atoms with Gasteiger partial charge in [0.1, 0.15) is 5.76 Å². The zero-order valence-electron chi connectivity index (χ0n) is 8.83. The van der Waals surface area contributed by atoms with Crippen LogP contribution < -0.4 is 0 Å². The van der Waals surface area contributed by atoms with E-state index in [-0.39, 0.29) is 5.78 Å². The number of hydrogen-bond acceptors (Lipinski definition) is 4. The van der Waals surface area contributed by atoms with Crippen molar-refractivity contribution in [2.45, 2.75) is 20.8 Å². The third kappa shape index (κ3) is 1.61. The van der Waals surface area contributed by atoms with Crippen LogP contribution in [0.2, 0.25) is 0 Å². The number of hydrogen-bond donors (Lipinski definition) is 0. The van der Waals surface area contributed by atoms with E-state index in [1.165, 1.54) is 11.3 Å². The first-order valence-corrected chi connectivity index (χ1v) is 5.51. The molecule has 0 fully saturated rings. The van der Waals surface area contributed by atoms with E-state index in [2.05, 4.69) is 5.16 Å². The molecule has 2 aromatic rings. The van der Waals surface area contributed by atoms with Crippen LogP contribution in [0.25, 0.3) is 11.1 Å². The lowest BCUT2D eigenvalue weighted by Gasteiger charge is -1.99. The van der Waals surface area contributed by atoms with Crippen molar-refractivity contribution in [1.82, 2.24) is 5.16 Å². The summed E-state index contributed by atoms with van der Waals surface area (Å²) in [5, 5.41) is 5.81. The maximum absolute atomic E-state index is 11.4. The maximum atomic E-state index is 11.4. The molecule has 0 amide bonds. The average Bonchev–Trinajstić information content (AvgIpc) is 2.73. The van der Waals surface area contributed by atoms with Gasteiger partial charge in [-0.1, -0.05) is 5.16 Å². The molecule has 0 aliphatic rings. The topological polar surface area (TPSA) is 43.1 Å². The minimum absolute atomic E-state index is 0.0833. The molecule has 2 aromatic heterocycles. The van der Waals surface area contributed by atoms with Gasteiger partial charge in [0, 0.05) is 11.1 Å². The van der Waals surface area contributed by atoms with Gasteiger partial charge in [0.25, 0.3) is 0 Å². The smallest absolute Gasteiger partial charge is 0.170 e. The molecule has 2 heterocycles. The van der Waals surface area contributed by atoms with Crippen molar-refractivity contribution >= 4 is 17.1 Å². The first kappa shape index (κ1) is 10.1. The molecular formula is C11H11NO2S. The number of nitrogens with zero attached hydrogens (tertiary/aromatic N) is 1. The summed E-state index contributed by atoms with van der Waals surface area (Å²) in [6.07, 6.45) is 0. The summed E-state index contributed by atoms with van der Waals surface area (Å²) in [6, 6.07) is 1.94. The van der Waals surface area contributed by atoms with Gasteiger partial charge in [-0.2, -0.15) is 0 Å². The molecule has 0 radical (unpaired) electrons. The molecular weight excluding hydrogens is 210 g/mol. The monoisotopic (exact) mass is 221 g/mol. The Kier molecular flexibility index (Phi) is 2.44.